The number of carbonyl (C=O) groups excluding carboxylic acids is 1. The number of benzene rings is 1. The van der Waals surface area contributed by atoms with Crippen LogP contribution in [0.5, 0.6) is 0 Å². The van der Waals surface area contributed by atoms with Gasteiger partial charge in [-0.25, -0.2) is 18.6 Å². The van der Waals surface area contributed by atoms with Gasteiger partial charge in [0, 0.05) is 18.7 Å². The number of likely N-dealkylation sites (tertiary alicyclic amines) is 1. The van der Waals surface area contributed by atoms with Crippen LogP contribution in [0.2, 0.25) is 0 Å². The van der Waals surface area contributed by atoms with E-state index in [9.17, 15) is 18.7 Å². The van der Waals surface area contributed by atoms with Crippen molar-refractivity contribution in [2.75, 3.05) is 13.1 Å². The molecular weight excluding hydrogens is 280 g/mol. The number of halogens is 2. The number of hydrogen-bond acceptors (Lipinski definition) is 3. The third-order valence-corrected chi connectivity index (χ3v) is 3.63. The van der Waals surface area contributed by atoms with Gasteiger partial charge in [0.15, 0.2) is 0 Å². The lowest BCUT2D eigenvalue weighted by molar-refractivity contribution is -0.0677. The fraction of sp³-hybridized carbons (Fsp3) is 0.429. The molecule has 2 aliphatic heterocycles. The van der Waals surface area contributed by atoms with Crippen LogP contribution in [-0.4, -0.2) is 46.0 Å². The van der Waals surface area contributed by atoms with Crippen LogP contribution in [0.1, 0.15) is 24.9 Å². The van der Waals surface area contributed by atoms with Crippen LogP contribution in [0.3, 0.4) is 0 Å². The fourth-order valence-electron chi connectivity index (χ4n) is 2.70. The van der Waals surface area contributed by atoms with Crippen LogP contribution in [0, 0.1) is 11.6 Å². The summed E-state index contributed by atoms with van der Waals surface area (Å²) in [5.41, 5.74) is -0.509. The predicted octanol–water partition coefficient (Wildman–Crippen LogP) is 1.88. The van der Waals surface area contributed by atoms with Gasteiger partial charge in [-0.3, -0.25) is 0 Å². The highest BCUT2D eigenvalue weighted by Crippen LogP contribution is 2.32. The minimum absolute atomic E-state index is 0.224. The molecule has 1 atom stereocenters. The monoisotopic (exact) mass is 295 g/mol. The Morgan fingerprint density at radius 3 is 2.52 bits per heavy atom. The minimum atomic E-state index is -0.875. The van der Waals surface area contributed by atoms with Crippen molar-refractivity contribution in [2.24, 2.45) is 5.10 Å². The van der Waals surface area contributed by atoms with E-state index < -0.39 is 23.3 Å². The first-order valence-electron chi connectivity index (χ1n) is 6.65. The quantitative estimate of drug-likeness (QED) is 0.860. The maximum Gasteiger partial charge on any atom is 0.341 e. The number of carbonyl (C=O) groups is 1. The lowest BCUT2D eigenvalue weighted by Gasteiger charge is -2.45. The van der Waals surface area contributed by atoms with Gasteiger partial charge in [0.25, 0.3) is 0 Å². The van der Waals surface area contributed by atoms with Crippen molar-refractivity contribution in [2.45, 2.75) is 25.0 Å². The minimum Gasteiger partial charge on any atom is -0.386 e. The number of urea groups is 1. The SMILES string of the molecule is CC1(O)CN(C(=O)N2N=CC[C@H]2c2cc(F)cc(F)c2)C1. The molecule has 2 heterocycles. The molecule has 1 aromatic carbocycles. The van der Waals surface area contributed by atoms with Crippen LogP contribution in [0.25, 0.3) is 0 Å². The van der Waals surface area contributed by atoms with E-state index in [0.29, 0.717) is 12.0 Å². The maximum absolute atomic E-state index is 13.3. The first-order chi connectivity index (χ1) is 9.85. The van der Waals surface area contributed by atoms with E-state index in [0.717, 1.165) is 6.07 Å². The van der Waals surface area contributed by atoms with E-state index in [1.165, 1.54) is 22.0 Å². The van der Waals surface area contributed by atoms with Crippen molar-refractivity contribution < 1.29 is 18.7 Å². The number of amides is 2. The number of rotatable bonds is 1. The molecule has 0 radical (unpaired) electrons. The van der Waals surface area contributed by atoms with Crippen LogP contribution in [-0.2, 0) is 0 Å². The van der Waals surface area contributed by atoms with Gasteiger partial charge in [0.1, 0.15) is 11.6 Å². The molecule has 1 N–H and O–H groups in total. The average molecular weight is 295 g/mol. The Bertz CT molecular complexity index is 590. The molecule has 1 saturated heterocycles. The third kappa shape index (κ3) is 2.61. The second kappa shape index (κ2) is 4.77. The van der Waals surface area contributed by atoms with Crippen molar-refractivity contribution >= 4 is 12.2 Å². The lowest BCUT2D eigenvalue weighted by Crippen LogP contribution is -2.63. The normalized spacial score (nSPS) is 23.3. The number of aliphatic hydroxyl groups is 1. The molecule has 5 nitrogen and oxygen atoms in total. The third-order valence-electron chi connectivity index (χ3n) is 3.63. The number of hydrazone groups is 1. The summed E-state index contributed by atoms with van der Waals surface area (Å²) in [6.07, 6.45) is 1.95. The predicted molar refractivity (Wildman–Crippen MR) is 71.6 cm³/mol. The molecule has 1 fully saturated rings. The molecule has 0 aliphatic carbocycles. The Morgan fingerprint density at radius 1 is 1.33 bits per heavy atom. The van der Waals surface area contributed by atoms with Crippen LogP contribution in [0.15, 0.2) is 23.3 Å². The Labute approximate surface area is 120 Å². The largest absolute Gasteiger partial charge is 0.386 e. The van der Waals surface area contributed by atoms with E-state index >= 15 is 0 Å². The van der Waals surface area contributed by atoms with Gasteiger partial charge in [0.2, 0.25) is 0 Å². The lowest BCUT2D eigenvalue weighted by atomic mass is 9.97. The topological polar surface area (TPSA) is 56.1 Å². The van der Waals surface area contributed by atoms with Crippen LogP contribution in [0.4, 0.5) is 13.6 Å². The highest BCUT2D eigenvalue weighted by atomic mass is 19.1. The van der Waals surface area contributed by atoms with Gasteiger partial charge in [-0.05, 0) is 24.6 Å². The summed E-state index contributed by atoms with van der Waals surface area (Å²) in [6, 6.07) is 2.31. The van der Waals surface area contributed by atoms with Crippen molar-refractivity contribution in [1.82, 2.24) is 9.91 Å². The summed E-state index contributed by atoms with van der Waals surface area (Å²) < 4.78 is 26.6. The highest BCUT2D eigenvalue weighted by Gasteiger charge is 2.43. The molecule has 7 heteroatoms. The molecular formula is C14H15F2N3O2. The number of nitrogens with zero attached hydrogens (tertiary/aromatic N) is 3. The Morgan fingerprint density at radius 2 is 1.95 bits per heavy atom. The molecule has 112 valence electrons. The van der Waals surface area contributed by atoms with E-state index in [2.05, 4.69) is 5.10 Å². The van der Waals surface area contributed by atoms with E-state index in [4.69, 9.17) is 0 Å². The smallest absolute Gasteiger partial charge is 0.341 e. The number of hydrogen-bond donors (Lipinski definition) is 1. The summed E-state index contributed by atoms with van der Waals surface area (Å²) in [5.74, 6) is -1.37. The second-order valence-corrected chi connectivity index (χ2v) is 5.73. The Balaban J connectivity index is 1.79. The zero-order valence-electron chi connectivity index (χ0n) is 11.5. The maximum atomic E-state index is 13.3. The molecule has 0 saturated carbocycles. The Kier molecular flexibility index (Phi) is 3.16. The van der Waals surface area contributed by atoms with Crippen molar-refractivity contribution in [3.8, 4) is 0 Å². The second-order valence-electron chi connectivity index (χ2n) is 5.73. The van der Waals surface area contributed by atoms with E-state index in [1.807, 2.05) is 0 Å². The van der Waals surface area contributed by atoms with Crippen LogP contribution >= 0.6 is 0 Å². The average Bonchev–Trinajstić information content (AvgIpc) is 2.82. The Hall–Kier alpha value is -2.02. The van der Waals surface area contributed by atoms with Crippen molar-refractivity contribution in [3.63, 3.8) is 0 Å². The molecule has 2 aliphatic rings. The van der Waals surface area contributed by atoms with E-state index in [-0.39, 0.29) is 19.1 Å². The molecule has 1 aromatic rings. The van der Waals surface area contributed by atoms with Crippen molar-refractivity contribution in [1.29, 1.82) is 0 Å². The molecule has 3 rings (SSSR count). The molecule has 2 amide bonds. The molecule has 0 bridgehead atoms. The van der Waals surface area contributed by atoms with Gasteiger partial charge in [-0.15, -0.1) is 0 Å². The van der Waals surface area contributed by atoms with Gasteiger partial charge >= 0.3 is 6.03 Å². The van der Waals surface area contributed by atoms with Gasteiger partial charge < -0.3 is 10.0 Å². The fourth-order valence-corrected chi connectivity index (χ4v) is 2.70. The molecule has 0 aromatic heterocycles. The summed E-state index contributed by atoms with van der Waals surface area (Å²) >= 11 is 0. The molecule has 0 unspecified atom stereocenters. The molecule has 0 spiro atoms. The van der Waals surface area contributed by atoms with Crippen molar-refractivity contribution in [3.05, 3.63) is 35.4 Å². The number of β-amino-alcohol motifs (C(OH)–C–C–N with tert-alkyl or cyclic N) is 1. The highest BCUT2D eigenvalue weighted by molar-refractivity contribution is 5.79. The standard InChI is InChI=1S/C14H15F2N3O2/c1-14(21)7-18(8-14)13(20)19-12(2-3-17-19)9-4-10(15)6-11(16)5-9/h3-6,12,21H,2,7-8H2,1H3/t12-/m0/s1. The van der Waals surface area contributed by atoms with Crippen LogP contribution < -0.4 is 0 Å². The van der Waals surface area contributed by atoms with Gasteiger partial charge in [-0.1, -0.05) is 0 Å². The summed E-state index contributed by atoms with van der Waals surface area (Å²) in [4.78, 5) is 13.8. The first kappa shape index (κ1) is 13.9. The summed E-state index contributed by atoms with van der Waals surface area (Å²) in [7, 11) is 0. The van der Waals surface area contributed by atoms with E-state index in [1.54, 1.807) is 13.1 Å². The molecule has 21 heavy (non-hydrogen) atoms. The zero-order chi connectivity index (χ0) is 15.2. The summed E-state index contributed by atoms with van der Waals surface area (Å²) in [6.45, 7) is 2.09. The zero-order valence-corrected chi connectivity index (χ0v) is 11.5. The van der Waals surface area contributed by atoms with Gasteiger partial charge in [0.05, 0.1) is 24.7 Å². The first-order valence-corrected chi connectivity index (χ1v) is 6.65. The van der Waals surface area contributed by atoms with Gasteiger partial charge in [-0.2, -0.15) is 5.10 Å². The summed E-state index contributed by atoms with van der Waals surface area (Å²) in [5, 5.41) is 14.9.